The van der Waals surface area contributed by atoms with E-state index in [1.54, 1.807) is 0 Å². The number of hydrogen-bond acceptors (Lipinski definition) is 1. The van der Waals surface area contributed by atoms with Crippen molar-refractivity contribution < 1.29 is 0 Å². The maximum absolute atomic E-state index is 6.23. The molecule has 100 valence electrons. The van der Waals surface area contributed by atoms with Gasteiger partial charge in [-0.3, -0.25) is 0 Å². The van der Waals surface area contributed by atoms with Crippen LogP contribution in [0.15, 0.2) is 18.2 Å². The fourth-order valence-corrected chi connectivity index (χ4v) is 3.15. The molecule has 1 aromatic rings. The van der Waals surface area contributed by atoms with E-state index in [1.807, 2.05) is 6.07 Å². The molecule has 0 unspecified atom stereocenters. The summed E-state index contributed by atoms with van der Waals surface area (Å²) in [5.74, 6) is 0.959. The van der Waals surface area contributed by atoms with Gasteiger partial charge in [0.1, 0.15) is 0 Å². The third kappa shape index (κ3) is 3.65. The molecule has 0 aliphatic heterocycles. The Bertz CT molecular complexity index is 381. The maximum Gasteiger partial charge on any atom is 0.0637 e. The molecule has 1 saturated carbocycles. The van der Waals surface area contributed by atoms with Gasteiger partial charge in [0.15, 0.2) is 0 Å². The first kappa shape index (κ1) is 13.7. The second-order valence-corrected chi connectivity index (χ2v) is 6.04. The lowest BCUT2D eigenvalue weighted by Crippen LogP contribution is -2.26. The van der Waals surface area contributed by atoms with Gasteiger partial charge < -0.3 is 5.32 Å². The van der Waals surface area contributed by atoms with Crippen molar-refractivity contribution in [1.82, 2.24) is 0 Å². The lowest BCUT2D eigenvalue weighted by Gasteiger charge is -2.30. The second-order valence-electron chi connectivity index (χ2n) is 5.63. The molecule has 0 atom stereocenters. The van der Waals surface area contributed by atoms with Crippen molar-refractivity contribution in [3.63, 3.8) is 0 Å². The molecule has 0 saturated heterocycles. The largest absolute Gasteiger partial charge is 0.381 e. The normalized spacial score (nSPS) is 23.9. The minimum atomic E-state index is 0.609. The minimum Gasteiger partial charge on any atom is -0.381 e. The lowest BCUT2D eigenvalue weighted by molar-refractivity contribution is 0.319. The number of halogens is 1. The highest BCUT2D eigenvalue weighted by molar-refractivity contribution is 6.33. The molecule has 1 aliphatic carbocycles. The zero-order valence-corrected chi connectivity index (χ0v) is 12.3. The fraction of sp³-hybridized carbons (Fsp3) is 0.625. The van der Waals surface area contributed by atoms with Gasteiger partial charge in [0.2, 0.25) is 0 Å². The molecule has 1 N–H and O–H groups in total. The average Bonchev–Trinajstić information content (AvgIpc) is 2.37. The molecule has 0 amide bonds. The smallest absolute Gasteiger partial charge is 0.0637 e. The van der Waals surface area contributed by atoms with E-state index in [0.717, 1.165) is 16.6 Å². The zero-order chi connectivity index (χ0) is 13.0. The van der Waals surface area contributed by atoms with E-state index in [-0.39, 0.29) is 0 Å². The van der Waals surface area contributed by atoms with E-state index in [0.29, 0.717) is 6.04 Å². The zero-order valence-electron chi connectivity index (χ0n) is 11.5. The summed E-state index contributed by atoms with van der Waals surface area (Å²) in [7, 11) is 0. The summed E-state index contributed by atoms with van der Waals surface area (Å²) in [6, 6.07) is 6.81. The first-order valence-electron chi connectivity index (χ1n) is 7.21. The quantitative estimate of drug-likeness (QED) is 0.767. The topological polar surface area (TPSA) is 12.0 Å². The van der Waals surface area contributed by atoms with E-state index in [2.05, 4.69) is 31.3 Å². The molecule has 1 fully saturated rings. The Balaban J connectivity index is 1.89. The SMILES string of the molecule is CCCC1CCC(Nc2cc(C)ccc2Cl)CC1. The molecule has 2 heteroatoms. The summed E-state index contributed by atoms with van der Waals surface area (Å²) in [6.07, 6.45) is 8.04. The predicted octanol–water partition coefficient (Wildman–Crippen LogP) is 5.42. The van der Waals surface area contributed by atoms with Gasteiger partial charge in [0, 0.05) is 6.04 Å². The summed E-state index contributed by atoms with van der Waals surface area (Å²) < 4.78 is 0. The summed E-state index contributed by atoms with van der Waals surface area (Å²) in [6.45, 7) is 4.40. The number of benzene rings is 1. The number of rotatable bonds is 4. The maximum atomic E-state index is 6.23. The van der Waals surface area contributed by atoms with E-state index >= 15 is 0 Å². The van der Waals surface area contributed by atoms with E-state index < -0.39 is 0 Å². The highest BCUT2D eigenvalue weighted by atomic mass is 35.5. The first-order chi connectivity index (χ1) is 8.69. The minimum absolute atomic E-state index is 0.609. The first-order valence-corrected chi connectivity index (χ1v) is 7.59. The van der Waals surface area contributed by atoms with Crippen molar-refractivity contribution in [1.29, 1.82) is 0 Å². The van der Waals surface area contributed by atoms with Gasteiger partial charge in [-0.1, -0.05) is 37.4 Å². The van der Waals surface area contributed by atoms with Crippen molar-refractivity contribution in [3.8, 4) is 0 Å². The molecule has 1 nitrogen and oxygen atoms in total. The number of aryl methyl sites for hydroxylation is 1. The standard InChI is InChI=1S/C16H24ClN/c1-3-4-13-6-8-14(9-7-13)18-16-11-12(2)5-10-15(16)17/h5,10-11,13-14,18H,3-4,6-9H2,1-2H3. The van der Waals surface area contributed by atoms with Gasteiger partial charge in [-0.2, -0.15) is 0 Å². The number of nitrogens with one attached hydrogen (secondary N) is 1. The Labute approximate surface area is 116 Å². The van der Waals surface area contributed by atoms with Crippen molar-refractivity contribution >= 4 is 17.3 Å². The van der Waals surface area contributed by atoms with Gasteiger partial charge in [-0.15, -0.1) is 0 Å². The Morgan fingerprint density at radius 2 is 1.94 bits per heavy atom. The highest BCUT2D eigenvalue weighted by Gasteiger charge is 2.20. The van der Waals surface area contributed by atoms with E-state index in [1.165, 1.54) is 44.1 Å². The summed E-state index contributed by atoms with van der Waals surface area (Å²) >= 11 is 6.23. The molecule has 0 spiro atoms. The van der Waals surface area contributed by atoms with Crippen LogP contribution in [0.2, 0.25) is 5.02 Å². The average molecular weight is 266 g/mol. The van der Waals surface area contributed by atoms with Crippen molar-refractivity contribution in [2.75, 3.05) is 5.32 Å². The highest BCUT2D eigenvalue weighted by Crippen LogP contribution is 2.31. The predicted molar refractivity (Wildman–Crippen MR) is 80.5 cm³/mol. The van der Waals surface area contributed by atoms with Crippen LogP contribution in [0.5, 0.6) is 0 Å². The van der Waals surface area contributed by atoms with Gasteiger partial charge in [0.05, 0.1) is 10.7 Å². The monoisotopic (exact) mass is 265 g/mol. The van der Waals surface area contributed by atoms with Crippen LogP contribution >= 0.6 is 11.6 Å². The third-order valence-electron chi connectivity index (χ3n) is 4.03. The molecule has 0 bridgehead atoms. The van der Waals surface area contributed by atoms with Crippen molar-refractivity contribution in [3.05, 3.63) is 28.8 Å². The fourth-order valence-electron chi connectivity index (χ4n) is 2.97. The van der Waals surface area contributed by atoms with E-state index in [4.69, 9.17) is 11.6 Å². The van der Waals surface area contributed by atoms with Crippen LogP contribution in [0.25, 0.3) is 0 Å². The molecular weight excluding hydrogens is 242 g/mol. The Kier molecular flexibility index (Phi) is 4.94. The van der Waals surface area contributed by atoms with Crippen molar-refractivity contribution in [2.45, 2.75) is 58.4 Å². The summed E-state index contributed by atoms with van der Waals surface area (Å²) in [4.78, 5) is 0. The molecule has 0 heterocycles. The van der Waals surface area contributed by atoms with Crippen LogP contribution in [0.4, 0.5) is 5.69 Å². The molecular formula is C16H24ClN. The molecule has 18 heavy (non-hydrogen) atoms. The van der Waals surface area contributed by atoms with Gasteiger partial charge in [0.25, 0.3) is 0 Å². The van der Waals surface area contributed by atoms with Crippen LogP contribution < -0.4 is 5.32 Å². The Morgan fingerprint density at radius 3 is 2.61 bits per heavy atom. The molecule has 0 aromatic heterocycles. The Hall–Kier alpha value is -0.690. The van der Waals surface area contributed by atoms with Gasteiger partial charge >= 0.3 is 0 Å². The van der Waals surface area contributed by atoms with Crippen LogP contribution in [0, 0.1) is 12.8 Å². The van der Waals surface area contributed by atoms with Gasteiger partial charge in [-0.05, 0) is 56.2 Å². The lowest BCUT2D eigenvalue weighted by atomic mass is 9.83. The third-order valence-corrected chi connectivity index (χ3v) is 4.35. The van der Waals surface area contributed by atoms with Gasteiger partial charge in [-0.25, -0.2) is 0 Å². The van der Waals surface area contributed by atoms with E-state index in [9.17, 15) is 0 Å². The summed E-state index contributed by atoms with van der Waals surface area (Å²) in [5, 5.41) is 4.46. The molecule has 1 aromatic carbocycles. The number of hydrogen-bond donors (Lipinski definition) is 1. The molecule has 2 rings (SSSR count). The molecule has 0 radical (unpaired) electrons. The Morgan fingerprint density at radius 1 is 1.22 bits per heavy atom. The van der Waals surface area contributed by atoms with Crippen LogP contribution in [0.1, 0.15) is 51.0 Å². The van der Waals surface area contributed by atoms with Crippen LogP contribution in [0.3, 0.4) is 0 Å². The summed E-state index contributed by atoms with van der Waals surface area (Å²) in [5.41, 5.74) is 2.37. The molecule has 1 aliphatic rings. The van der Waals surface area contributed by atoms with Crippen molar-refractivity contribution in [2.24, 2.45) is 5.92 Å². The van der Waals surface area contributed by atoms with Crippen LogP contribution in [-0.4, -0.2) is 6.04 Å². The number of anilines is 1. The second kappa shape index (κ2) is 6.47. The van der Waals surface area contributed by atoms with Crippen LogP contribution in [-0.2, 0) is 0 Å².